The predicted molar refractivity (Wildman–Crippen MR) is 106 cm³/mol. The second-order valence-corrected chi connectivity index (χ2v) is 6.96. The molecule has 0 saturated heterocycles. The number of hydrogen-bond donors (Lipinski definition) is 0. The van der Waals surface area contributed by atoms with Gasteiger partial charge in [-0.05, 0) is 59.6 Å². The lowest BCUT2D eigenvalue weighted by atomic mass is 9.91. The number of carbonyl (C=O) groups excluding carboxylic acids is 1. The van der Waals surface area contributed by atoms with Gasteiger partial charge in [0, 0.05) is 12.0 Å². The van der Waals surface area contributed by atoms with Gasteiger partial charge in [0.1, 0.15) is 0 Å². The zero-order valence-corrected chi connectivity index (χ0v) is 15.5. The number of fused-ring (bicyclic) bond motifs is 2. The zero-order valence-electron chi connectivity index (χ0n) is 15.5. The number of carbonyl (C=O) groups is 1. The van der Waals surface area contributed by atoms with Gasteiger partial charge >= 0.3 is 0 Å². The topological polar surface area (TPSA) is 17.1 Å². The molecule has 0 saturated carbocycles. The molecule has 25 heavy (non-hydrogen) atoms. The number of ketones is 1. The Balaban J connectivity index is 2.02. The third-order valence-corrected chi connectivity index (χ3v) is 5.08. The van der Waals surface area contributed by atoms with Crippen LogP contribution in [0.3, 0.4) is 0 Å². The minimum absolute atomic E-state index is 0.283. The fraction of sp³-hybridized carbons (Fsp3) is 0.375. The van der Waals surface area contributed by atoms with Crippen molar-refractivity contribution in [1.82, 2.24) is 0 Å². The number of Topliss-reactive ketones (excluding diaryl/α,β-unsaturated/α-hetero) is 1. The van der Waals surface area contributed by atoms with Gasteiger partial charge in [0.15, 0.2) is 5.78 Å². The van der Waals surface area contributed by atoms with E-state index in [1.165, 1.54) is 27.8 Å². The van der Waals surface area contributed by atoms with Crippen molar-refractivity contribution in [3.05, 3.63) is 76.4 Å². The van der Waals surface area contributed by atoms with E-state index >= 15 is 0 Å². The van der Waals surface area contributed by atoms with Crippen LogP contribution in [-0.4, -0.2) is 5.78 Å². The molecule has 0 spiro atoms. The smallest absolute Gasteiger partial charge is 0.162 e. The first-order chi connectivity index (χ1) is 12.2. The van der Waals surface area contributed by atoms with E-state index < -0.39 is 0 Å². The van der Waals surface area contributed by atoms with Gasteiger partial charge in [-0.15, -0.1) is 0 Å². The van der Waals surface area contributed by atoms with Gasteiger partial charge in [0.05, 0.1) is 0 Å². The second-order valence-electron chi connectivity index (χ2n) is 6.96. The SMILES string of the molecule is CCC/C=C1/c2ccccc2CCc2cc(C(=O)CCCC)ccc21. The molecule has 2 aromatic carbocycles. The largest absolute Gasteiger partial charge is 0.294 e. The lowest BCUT2D eigenvalue weighted by molar-refractivity contribution is 0.0979. The minimum Gasteiger partial charge on any atom is -0.294 e. The molecule has 0 radical (unpaired) electrons. The molecule has 1 nitrogen and oxygen atoms in total. The van der Waals surface area contributed by atoms with E-state index in [0.29, 0.717) is 6.42 Å². The Morgan fingerprint density at radius 1 is 0.960 bits per heavy atom. The molecule has 0 N–H and O–H groups in total. The molecule has 3 rings (SSSR count). The van der Waals surface area contributed by atoms with Crippen LogP contribution in [0.2, 0.25) is 0 Å². The summed E-state index contributed by atoms with van der Waals surface area (Å²) in [6, 6.07) is 15.1. The predicted octanol–water partition coefficient (Wildman–Crippen LogP) is 6.39. The number of hydrogen-bond acceptors (Lipinski definition) is 1. The Bertz CT molecular complexity index is 782. The molecule has 1 heteroatoms. The summed E-state index contributed by atoms with van der Waals surface area (Å²) in [5.41, 5.74) is 7.64. The van der Waals surface area contributed by atoms with Crippen LogP contribution in [0.25, 0.3) is 5.57 Å². The highest BCUT2D eigenvalue weighted by Gasteiger charge is 2.19. The number of rotatable bonds is 6. The Morgan fingerprint density at radius 2 is 1.72 bits per heavy atom. The molecule has 0 aromatic heterocycles. The van der Waals surface area contributed by atoms with Crippen molar-refractivity contribution in [2.75, 3.05) is 0 Å². The highest BCUT2D eigenvalue weighted by Crippen LogP contribution is 2.34. The van der Waals surface area contributed by atoms with Crippen LogP contribution in [-0.2, 0) is 12.8 Å². The Morgan fingerprint density at radius 3 is 2.52 bits per heavy atom. The van der Waals surface area contributed by atoms with Crippen LogP contribution >= 0.6 is 0 Å². The molecule has 0 fully saturated rings. The van der Waals surface area contributed by atoms with Crippen LogP contribution in [0.15, 0.2) is 48.5 Å². The van der Waals surface area contributed by atoms with E-state index in [1.807, 2.05) is 6.07 Å². The molecule has 130 valence electrons. The zero-order chi connectivity index (χ0) is 17.6. The van der Waals surface area contributed by atoms with Crippen LogP contribution in [0, 0.1) is 0 Å². The molecule has 0 bridgehead atoms. The normalized spacial score (nSPS) is 14.7. The lowest BCUT2D eigenvalue weighted by Crippen LogP contribution is -2.02. The average Bonchev–Trinajstić information content (AvgIpc) is 2.80. The van der Waals surface area contributed by atoms with Gasteiger partial charge < -0.3 is 0 Å². The van der Waals surface area contributed by atoms with Crippen molar-refractivity contribution in [2.24, 2.45) is 0 Å². The first kappa shape index (κ1) is 17.7. The number of allylic oxidation sites excluding steroid dienone is 1. The molecule has 1 aliphatic carbocycles. The Hall–Kier alpha value is -2.15. The lowest BCUT2D eigenvalue weighted by Gasteiger charge is -2.13. The van der Waals surface area contributed by atoms with Gasteiger partial charge in [0.25, 0.3) is 0 Å². The molecule has 0 heterocycles. The number of benzene rings is 2. The maximum Gasteiger partial charge on any atom is 0.162 e. The molecule has 0 amide bonds. The van der Waals surface area contributed by atoms with E-state index in [2.05, 4.69) is 56.3 Å². The monoisotopic (exact) mass is 332 g/mol. The van der Waals surface area contributed by atoms with E-state index in [0.717, 1.165) is 44.1 Å². The van der Waals surface area contributed by atoms with Crippen molar-refractivity contribution < 1.29 is 4.79 Å². The maximum atomic E-state index is 12.4. The van der Waals surface area contributed by atoms with Crippen molar-refractivity contribution in [2.45, 2.75) is 58.8 Å². The Kier molecular flexibility index (Phi) is 5.86. The summed E-state index contributed by atoms with van der Waals surface area (Å²) >= 11 is 0. The van der Waals surface area contributed by atoms with E-state index in [-0.39, 0.29) is 5.78 Å². The van der Waals surface area contributed by atoms with E-state index in [9.17, 15) is 4.79 Å². The van der Waals surface area contributed by atoms with E-state index in [4.69, 9.17) is 0 Å². The van der Waals surface area contributed by atoms with Crippen molar-refractivity contribution >= 4 is 11.4 Å². The molecule has 0 aliphatic heterocycles. The van der Waals surface area contributed by atoms with Gasteiger partial charge in [0.2, 0.25) is 0 Å². The third-order valence-electron chi connectivity index (χ3n) is 5.08. The number of aryl methyl sites for hydroxylation is 2. The van der Waals surface area contributed by atoms with Gasteiger partial charge in [-0.1, -0.05) is 69.2 Å². The van der Waals surface area contributed by atoms with Gasteiger partial charge in [-0.3, -0.25) is 4.79 Å². The summed E-state index contributed by atoms with van der Waals surface area (Å²) in [5, 5.41) is 0. The van der Waals surface area contributed by atoms with Crippen LogP contribution in [0.4, 0.5) is 0 Å². The maximum absolute atomic E-state index is 12.4. The van der Waals surface area contributed by atoms with Crippen molar-refractivity contribution in [3.63, 3.8) is 0 Å². The third kappa shape index (κ3) is 3.92. The first-order valence-corrected chi connectivity index (χ1v) is 9.69. The van der Waals surface area contributed by atoms with Crippen LogP contribution in [0.1, 0.15) is 78.6 Å². The van der Waals surface area contributed by atoms with Crippen LogP contribution in [0.5, 0.6) is 0 Å². The fourth-order valence-corrected chi connectivity index (χ4v) is 3.64. The van der Waals surface area contributed by atoms with Gasteiger partial charge in [-0.2, -0.15) is 0 Å². The summed E-state index contributed by atoms with van der Waals surface area (Å²) in [4.78, 5) is 12.4. The average molecular weight is 332 g/mol. The summed E-state index contributed by atoms with van der Waals surface area (Å²) < 4.78 is 0. The summed E-state index contributed by atoms with van der Waals surface area (Å²) in [7, 11) is 0. The van der Waals surface area contributed by atoms with Crippen molar-refractivity contribution in [3.8, 4) is 0 Å². The molecule has 0 atom stereocenters. The summed E-state index contributed by atoms with van der Waals surface area (Å²) in [5.74, 6) is 0.283. The van der Waals surface area contributed by atoms with Gasteiger partial charge in [-0.25, -0.2) is 0 Å². The summed E-state index contributed by atoms with van der Waals surface area (Å²) in [6.07, 6.45) is 9.35. The Labute approximate surface area is 151 Å². The quantitative estimate of drug-likeness (QED) is 0.560. The highest BCUT2D eigenvalue weighted by atomic mass is 16.1. The molecule has 0 unspecified atom stereocenters. The molecular weight excluding hydrogens is 304 g/mol. The fourth-order valence-electron chi connectivity index (χ4n) is 3.64. The summed E-state index contributed by atoms with van der Waals surface area (Å²) in [6.45, 7) is 4.35. The van der Waals surface area contributed by atoms with E-state index in [1.54, 1.807) is 0 Å². The molecule has 1 aliphatic rings. The highest BCUT2D eigenvalue weighted by molar-refractivity contribution is 5.97. The standard InChI is InChI=1S/C24H28O/c1-3-5-10-23-21-11-8-7-9-18(21)13-14-19-17-20(15-16-22(19)23)24(25)12-6-4-2/h7-11,15-17H,3-6,12-14H2,1-2H3/b23-10-. The second kappa shape index (κ2) is 8.29. The molecular formula is C24H28O. The first-order valence-electron chi connectivity index (χ1n) is 9.69. The number of unbranched alkanes of at least 4 members (excludes halogenated alkanes) is 2. The molecule has 2 aromatic rings. The van der Waals surface area contributed by atoms with Crippen LogP contribution < -0.4 is 0 Å². The minimum atomic E-state index is 0.283. The van der Waals surface area contributed by atoms with Crippen molar-refractivity contribution in [1.29, 1.82) is 0 Å².